The highest BCUT2D eigenvalue weighted by Crippen LogP contribution is 2.35. The zero-order valence-electron chi connectivity index (χ0n) is 14.6. The van der Waals surface area contributed by atoms with Crippen molar-refractivity contribution in [3.8, 4) is 0 Å². The lowest BCUT2D eigenvalue weighted by atomic mass is 10.1. The molecule has 26 heavy (non-hydrogen) atoms. The number of nitrogens with zero attached hydrogens (tertiary/aromatic N) is 3. The van der Waals surface area contributed by atoms with Gasteiger partial charge in [0, 0.05) is 46.1 Å². The molecule has 0 aromatic heterocycles. The summed E-state index contributed by atoms with van der Waals surface area (Å²) < 4.78 is 38.8. The van der Waals surface area contributed by atoms with Gasteiger partial charge in [-0.05, 0) is 25.2 Å². The minimum atomic E-state index is -4.54. The van der Waals surface area contributed by atoms with Gasteiger partial charge < -0.3 is 14.7 Å². The van der Waals surface area contributed by atoms with Gasteiger partial charge in [0.25, 0.3) is 0 Å². The molecule has 1 heterocycles. The lowest BCUT2D eigenvalue weighted by Gasteiger charge is -2.33. The molecule has 9 heteroatoms. The molecule has 1 aliphatic heterocycles. The summed E-state index contributed by atoms with van der Waals surface area (Å²) in [6, 6.07) is 2.81. The second kappa shape index (κ2) is 8.26. The van der Waals surface area contributed by atoms with Crippen molar-refractivity contribution in [2.45, 2.75) is 19.5 Å². The van der Waals surface area contributed by atoms with Gasteiger partial charge in [0.2, 0.25) is 11.8 Å². The van der Waals surface area contributed by atoms with Gasteiger partial charge in [-0.2, -0.15) is 13.2 Å². The summed E-state index contributed by atoms with van der Waals surface area (Å²) in [6.07, 6.45) is -4.52. The third kappa shape index (κ3) is 5.11. The Hall–Kier alpha value is -1.80. The number of rotatable bonds is 4. The first-order valence-electron chi connectivity index (χ1n) is 8.20. The number of amides is 2. The Morgan fingerprint density at radius 3 is 2.35 bits per heavy atom. The number of carbonyl (C=O) groups excluding carboxylic acids is 2. The van der Waals surface area contributed by atoms with Crippen LogP contribution in [0.1, 0.15) is 18.9 Å². The van der Waals surface area contributed by atoms with Gasteiger partial charge in [0.05, 0.1) is 16.3 Å². The molecule has 0 bridgehead atoms. The number of benzene rings is 1. The molecule has 0 unspecified atom stereocenters. The molecule has 0 N–H and O–H groups in total. The van der Waals surface area contributed by atoms with Crippen molar-refractivity contribution >= 4 is 29.1 Å². The van der Waals surface area contributed by atoms with Gasteiger partial charge in [-0.15, -0.1) is 0 Å². The molecule has 0 saturated carbocycles. The van der Waals surface area contributed by atoms with Crippen molar-refractivity contribution in [1.29, 1.82) is 0 Å². The van der Waals surface area contributed by atoms with Crippen LogP contribution in [0.15, 0.2) is 18.2 Å². The molecular formula is C17H21ClF3N3O2. The second-order valence-electron chi connectivity index (χ2n) is 6.27. The van der Waals surface area contributed by atoms with E-state index in [1.165, 1.54) is 6.92 Å². The van der Waals surface area contributed by atoms with Crippen molar-refractivity contribution in [3.05, 3.63) is 28.8 Å². The minimum Gasteiger partial charge on any atom is -0.340 e. The molecular weight excluding hydrogens is 371 g/mol. The zero-order valence-corrected chi connectivity index (χ0v) is 15.4. The Morgan fingerprint density at radius 1 is 1.19 bits per heavy atom. The largest absolute Gasteiger partial charge is 0.416 e. The van der Waals surface area contributed by atoms with E-state index < -0.39 is 17.6 Å². The Morgan fingerprint density at radius 2 is 1.81 bits per heavy atom. The van der Waals surface area contributed by atoms with Crippen LogP contribution >= 0.6 is 11.6 Å². The summed E-state index contributed by atoms with van der Waals surface area (Å²) in [5.74, 6) is -0.607. The number of hydrogen-bond acceptors (Lipinski definition) is 3. The Balaban J connectivity index is 2.12. The van der Waals surface area contributed by atoms with Gasteiger partial charge in [-0.3, -0.25) is 9.59 Å². The molecule has 5 nitrogen and oxygen atoms in total. The Bertz CT molecular complexity index is 674. The van der Waals surface area contributed by atoms with E-state index in [0.29, 0.717) is 13.1 Å². The number of likely N-dealkylation sites (N-methyl/N-ethyl adjacent to an activating group) is 1. The average Bonchev–Trinajstić information content (AvgIpc) is 2.55. The van der Waals surface area contributed by atoms with Crippen LogP contribution in [0, 0.1) is 0 Å². The highest BCUT2D eigenvalue weighted by atomic mass is 35.5. The predicted molar refractivity (Wildman–Crippen MR) is 93.2 cm³/mol. The molecule has 1 aromatic carbocycles. The summed E-state index contributed by atoms with van der Waals surface area (Å²) in [5, 5.41) is 0.0280. The van der Waals surface area contributed by atoms with E-state index in [1.54, 1.807) is 4.90 Å². The maximum absolute atomic E-state index is 12.9. The van der Waals surface area contributed by atoms with E-state index in [9.17, 15) is 22.8 Å². The predicted octanol–water partition coefficient (Wildman–Crippen LogP) is 2.88. The first-order valence-corrected chi connectivity index (χ1v) is 8.58. The molecule has 0 aliphatic carbocycles. The van der Waals surface area contributed by atoms with Crippen molar-refractivity contribution in [2.24, 2.45) is 0 Å². The van der Waals surface area contributed by atoms with E-state index in [4.69, 9.17) is 11.6 Å². The molecule has 2 rings (SSSR count). The van der Waals surface area contributed by atoms with Gasteiger partial charge in [-0.1, -0.05) is 11.6 Å². The van der Waals surface area contributed by atoms with Crippen molar-refractivity contribution < 1.29 is 22.8 Å². The number of halogens is 4. The van der Waals surface area contributed by atoms with Gasteiger partial charge in [0.15, 0.2) is 0 Å². The van der Waals surface area contributed by atoms with Gasteiger partial charge in [0.1, 0.15) is 0 Å². The number of piperazine rings is 1. The molecule has 1 aromatic rings. The molecule has 0 radical (unpaired) electrons. The minimum absolute atomic E-state index is 0.0237. The SMILES string of the molecule is CC(=O)N(CCC(=O)N1CCN(C)CC1)c1cc(C(F)(F)F)ccc1Cl. The van der Waals surface area contributed by atoms with Crippen LogP contribution in [-0.2, 0) is 15.8 Å². The molecule has 1 aliphatic rings. The summed E-state index contributed by atoms with van der Waals surface area (Å²) >= 11 is 6.00. The van der Waals surface area contributed by atoms with Gasteiger partial charge in [-0.25, -0.2) is 0 Å². The summed E-state index contributed by atoms with van der Waals surface area (Å²) in [7, 11) is 1.97. The topological polar surface area (TPSA) is 43.9 Å². The highest BCUT2D eigenvalue weighted by molar-refractivity contribution is 6.33. The van der Waals surface area contributed by atoms with Crippen LogP contribution < -0.4 is 4.90 Å². The van der Waals surface area contributed by atoms with Crippen molar-refractivity contribution in [2.75, 3.05) is 44.7 Å². The maximum Gasteiger partial charge on any atom is 0.416 e. The summed E-state index contributed by atoms with van der Waals surface area (Å²) in [5.41, 5.74) is -0.936. The number of hydrogen-bond donors (Lipinski definition) is 0. The van der Waals surface area contributed by atoms with Crippen LogP contribution in [0.5, 0.6) is 0 Å². The maximum atomic E-state index is 12.9. The van der Waals surface area contributed by atoms with Crippen molar-refractivity contribution in [3.63, 3.8) is 0 Å². The quantitative estimate of drug-likeness (QED) is 0.792. The Kier molecular flexibility index (Phi) is 6.52. The third-order valence-corrected chi connectivity index (χ3v) is 4.67. The highest BCUT2D eigenvalue weighted by Gasteiger charge is 2.32. The van der Waals surface area contributed by atoms with Crippen LogP contribution in [0.25, 0.3) is 0 Å². The third-order valence-electron chi connectivity index (χ3n) is 4.35. The molecule has 144 valence electrons. The van der Waals surface area contributed by atoms with E-state index >= 15 is 0 Å². The number of alkyl halides is 3. The van der Waals surface area contributed by atoms with E-state index in [1.807, 2.05) is 7.05 Å². The fourth-order valence-electron chi connectivity index (χ4n) is 2.76. The van der Waals surface area contributed by atoms with E-state index in [-0.39, 0.29) is 29.6 Å². The molecule has 1 fully saturated rings. The van der Waals surface area contributed by atoms with E-state index in [0.717, 1.165) is 36.2 Å². The first-order chi connectivity index (χ1) is 12.1. The zero-order chi connectivity index (χ0) is 19.5. The van der Waals surface area contributed by atoms with Crippen molar-refractivity contribution in [1.82, 2.24) is 9.80 Å². The van der Waals surface area contributed by atoms with Crippen LogP contribution in [0.2, 0.25) is 5.02 Å². The number of anilines is 1. The first kappa shape index (κ1) is 20.5. The lowest BCUT2D eigenvalue weighted by Crippen LogP contribution is -2.47. The van der Waals surface area contributed by atoms with Crippen LogP contribution in [-0.4, -0.2) is 61.4 Å². The van der Waals surface area contributed by atoms with Crippen LogP contribution in [0.4, 0.5) is 18.9 Å². The number of carbonyl (C=O) groups is 2. The monoisotopic (exact) mass is 391 g/mol. The normalized spacial score (nSPS) is 15.8. The summed E-state index contributed by atoms with van der Waals surface area (Å²) in [4.78, 5) is 29.2. The second-order valence-corrected chi connectivity index (χ2v) is 6.68. The summed E-state index contributed by atoms with van der Waals surface area (Å²) in [6.45, 7) is 3.93. The molecule has 0 atom stereocenters. The van der Waals surface area contributed by atoms with Crippen LogP contribution in [0.3, 0.4) is 0 Å². The molecule has 2 amide bonds. The fourth-order valence-corrected chi connectivity index (χ4v) is 2.98. The molecule has 1 saturated heterocycles. The fraction of sp³-hybridized carbons (Fsp3) is 0.529. The van der Waals surface area contributed by atoms with Gasteiger partial charge >= 0.3 is 6.18 Å². The Labute approximate surface area is 155 Å². The standard InChI is InChI=1S/C17H21ClF3N3O2/c1-12(25)24(6-5-16(26)23-9-7-22(2)8-10-23)15-11-13(17(19,20)21)3-4-14(15)18/h3-4,11H,5-10H2,1-2H3. The lowest BCUT2D eigenvalue weighted by molar-refractivity contribution is -0.137. The molecule has 0 spiro atoms. The smallest absolute Gasteiger partial charge is 0.340 e. The van der Waals surface area contributed by atoms with E-state index in [2.05, 4.69) is 4.90 Å². The average molecular weight is 392 g/mol.